The van der Waals surface area contributed by atoms with Crippen LogP contribution in [0.5, 0.6) is 0 Å². The lowest BCUT2D eigenvalue weighted by molar-refractivity contribution is 0.476. The third-order valence-electron chi connectivity index (χ3n) is 4.27. The Balaban J connectivity index is -0.00000123. The van der Waals surface area contributed by atoms with Crippen LogP contribution in [0.25, 0.3) is 0 Å². The highest BCUT2D eigenvalue weighted by Gasteiger charge is 2.30. The molecule has 26 heavy (non-hydrogen) atoms. The van der Waals surface area contributed by atoms with Crippen molar-refractivity contribution in [2.45, 2.75) is 89.0 Å². The summed E-state index contributed by atoms with van der Waals surface area (Å²) < 4.78 is 0. The number of hydrogen-bond acceptors (Lipinski definition) is 0. The van der Waals surface area contributed by atoms with Gasteiger partial charge in [0.2, 0.25) is 0 Å². The summed E-state index contributed by atoms with van der Waals surface area (Å²) in [5, 5.41) is 0. The van der Waals surface area contributed by atoms with Crippen molar-refractivity contribution in [3.8, 4) is 0 Å². The minimum absolute atomic E-state index is 0.0497. The van der Waals surface area contributed by atoms with Crippen molar-refractivity contribution in [2.24, 2.45) is 5.41 Å². The molecule has 0 nitrogen and oxygen atoms in total. The molecule has 0 radical (unpaired) electrons. The highest BCUT2D eigenvalue weighted by molar-refractivity contribution is 5.45. The second kappa shape index (κ2) is 16.9. The van der Waals surface area contributed by atoms with Gasteiger partial charge < -0.3 is 0 Å². The average molecular weight is 359 g/mol. The summed E-state index contributed by atoms with van der Waals surface area (Å²) >= 11 is 0. The van der Waals surface area contributed by atoms with Gasteiger partial charge in [0.1, 0.15) is 0 Å². The van der Waals surface area contributed by atoms with Crippen LogP contribution in [0.3, 0.4) is 0 Å². The molecule has 150 valence electrons. The fourth-order valence-electron chi connectivity index (χ4n) is 2.68. The van der Waals surface area contributed by atoms with E-state index in [0.29, 0.717) is 0 Å². The van der Waals surface area contributed by atoms with Crippen LogP contribution >= 0.6 is 0 Å². The lowest BCUT2D eigenvalue weighted by Gasteiger charge is -2.34. The molecule has 0 rings (SSSR count). The first-order valence-corrected chi connectivity index (χ1v) is 10.1. The topological polar surface area (TPSA) is 0 Å². The van der Waals surface area contributed by atoms with E-state index < -0.39 is 0 Å². The highest BCUT2D eigenvalue weighted by Crippen LogP contribution is 2.43. The minimum atomic E-state index is 0.0497. The third kappa shape index (κ3) is 10.4. The summed E-state index contributed by atoms with van der Waals surface area (Å²) in [7, 11) is 0. The number of rotatable bonds is 7. The molecular formula is C26H46. The quantitative estimate of drug-likeness (QED) is 0.314. The first-order valence-electron chi connectivity index (χ1n) is 10.1. The summed E-state index contributed by atoms with van der Waals surface area (Å²) in [6.07, 6.45) is 13.4. The fraction of sp³-hybridized carbons (Fsp3) is 0.538. The van der Waals surface area contributed by atoms with Crippen molar-refractivity contribution >= 4 is 0 Å². The van der Waals surface area contributed by atoms with Crippen LogP contribution in [0.15, 0.2) is 71.4 Å². The molecule has 0 aromatic rings. The van der Waals surface area contributed by atoms with Crippen LogP contribution in [-0.4, -0.2) is 0 Å². The van der Waals surface area contributed by atoms with E-state index in [0.717, 1.165) is 12.8 Å². The van der Waals surface area contributed by atoms with Crippen molar-refractivity contribution in [1.29, 1.82) is 0 Å². The Labute approximate surface area is 166 Å². The smallest absolute Gasteiger partial charge is 0.0171 e. The van der Waals surface area contributed by atoms with Crippen LogP contribution in [0.1, 0.15) is 89.0 Å². The fourth-order valence-corrected chi connectivity index (χ4v) is 2.68. The van der Waals surface area contributed by atoms with Gasteiger partial charge in [0.15, 0.2) is 0 Å². The molecule has 0 aliphatic rings. The summed E-state index contributed by atoms with van der Waals surface area (Å²) in [6, 6.07) is 0. The van der Waals surface area contributed by atoms with Gasteiger partial charge in [-0.3, -0.25) is 0 Å². The van der Waals surface area contributed by atoms with Crippen LogP contribution in [-0.2, 0) is 0 Å². The molecule has 0 aromatic carbocycles. The summed E-state index contributed by atoms with van der Waals surface area (Å²) in [4.78, 5) is 0. The predicted octanol–water partition coefficient (Wildman–Crippen LogP) is 9.39. The average Bonchev–Trinajstić information content (AvgIpc) is 2.64. The van der Waals surface area contributed by atoms with Crippen LogP contribution in [0.4, 0.5) is 0 Å². The van der Waals surface area contributed by atoms with Crippen molar-refractivity contribution in [3.05, 3.63) is 71.4 Å². The molecule has 0 N–H and O–H groups in total. The maximum atomic E-state index is 3.00. The molecule has 0 amide bonds. The standard InChI is InChI=1S/C22H36.C2H6.C2H4/c1-10-13-14-20(15-17(4)5)22(9,12-3)21(16-18(6)7)19(8)11-2;2*1-2/h10,13-16H,11-12H2,1-9H3;1-2H3;1-2H2/b13-10?,20-14+,21-19+;;. The minimum Gasteiger partial charge on any atom is -0.106 e. The maximum Gasteiger partial charge on any atom is 0.0171 e. The van der Waals surface area contributed by atoms with Crippen LogP contribution in [0, 0.1) is 5.41 Å². The van der Waals surface area contributed by atoms with Gasteiger partial charge in [0.05, 0.1) is 0 Å². The van der Waals surface area contributed by atoms with Gasteiger partial charge in [-0.15, -0.1) is 13.2 Å². The molecule has 0 bridgehead atoms. The first kappa shape index (κ1) is 29.2. The molecule has 0 fully saturated rings. The Hall–Kier alpha value is -1.56. The van der Waals surface area contributed by atoms with E-state index in [1.807, 2.05) is 13.8 Å². The van der Waals surface area contributed by atoms with E-state index >= 15 is 0 Å². The Morgan fingerprint density at radius 3 is 1.65 bits per heavy atom. The maximum absolute atomic E-state index is 3.00. The highest BCUT2D eigenvalue weighted by atomic mass is 14.3. The molecule has 0 saturated heterocycles. The van der Waals surface area contributed by atoms with Gasteiger partial charge >= 0.3 is 0 Å². The molecule has 0 heterocycles. The van der Waals surface area contributed by atoms with Gasteiger partial charge in [0, 0.05) is 5.41 Å². The molecular weight excluding hydrogens is 312 g/mol. The van der Waals surface area contributed by atoms with E-state index in [2.05, 4.69) is 106 Å². The second-order valence-corrected chi connectivity index (χ2v) is 6.82. The van der Waals surface area contributed by atoms with Gasteiger partial charge in [0.25, 0.3) is 0 Å². The Morgan fingerprint density at radius 1 is 0.885 bits per heavy atom. The molecule has 0 aliphatic carbocycles. The van der Waals surface area contributed by atoms with E-state index in [4.69, 9.17) is 0 Å². The molecule has 0 heteroatoms. The Bertz CT molecular complexity index is 512. The molecule has 0 aromatic heterocycles. The van der Waals surface area contributed by atoms with Crippen LogP contribution < -0.4 is 0 Å². The Morgan fingerprint density at radius 2 is 1.35 bits per heavy atom. The van der Waals surface area contributed by atoms with Crippen LogP contribution in [0.2, 0.25) is 0 Å². The van der Waals surface area contributed by atoms with Gasteiger partial charge in [-0.2, -0.15) is 0 Å². The zero-order valence-electron chi connectivity index (χ0n) is 19.7. The summed E-state index contributed by atoms with van der Waals surface area (Å²) in [5.74, 6) is 0. The molecule has 0 saturated carbocycles. The van der Waals surface area contributed by atoms with Crippen molar-refractivity contribution < 1.29 is 0 Å². The second-order valence-electron chi connectivity index (χ2n) is 6.82. The van der Waals surface area contributed by atoms with Crippen molar-refractivity contribution in [3.63, 3.8) is 0 Å². The van der Waals surface area contributed by atoms with E-state index in [1.54, 1.807) is 0 Å². The molecule has 0 spiro atoms. The Kier molecular flexibility index (Phi) is 19.0. The summed E-state index contributed by atoms with van der Waals surface area (Å²) in [5.41, 5.74) is 7.12. The number of hydrogen-bond donors (Lipinski definition) is 0. The zero-order valence-corrected chi connectivity index (χ0v) is 19.7. The van der Waals surface area contributed by atoms with E-state index in [9.17, 15) is 0 Å². The van der Waals surface area contributed by atoms with E-state index in [1.165, 1.54) is 27.9 Å². The first-order chi connectivity index (χ1) is 12.2. The third-order valence-corrected chi connectivity index (χ3v) is 4.27. The number of allylic oxidation sites excluding steroid dienone is 10. The molecule has 1 atom stereocenters. The largest absolute Gasteiger partial charge is 0.106 e. The van der Waals surface area contributed by atoms with E-state index in [-0.39, 0.29) is 5.41 Å². The SMILES string of the molecule is C=C.CC.CC=C/C=C(\C=C(C)C)C(C)(CC)/C(C=C(C)C)=C(\C)CC. The summed E-state index contributed by atoms with van der Waals surface area (Å²) in [6.45, 7) is 30.0. The van der Waals surface area contributed by atoms with Crippen molar-refractivity contribution in [2.75, 3.05) is 0 Å². The lowest BCUT2D eigenvalue weighted by Crippen LogP contribution is -2.21. The molecule has 0 aliphatic heterocycles. The monoisotopic (exact) mass is 358 g/mol. The normalized spacial score (nSPS) is 14.0. The predicted molar refractivity (Wildman–Crippen MR) is 126 cm³/mol. The zero-order chi connectivity index (χ0) is 21.3. The molecule has 1 unspecified atom stereocenters. The van der Waals surface area contributed by atoms with Crippen molar-refractivity contribution in [1.82, 2.24) is 0 Å². The van der Waals surface area contributed by atoms with Gasteiger partial charge in [-0.05, 0) is 65.5 Å². The lowest BCUT2D eigenvalue weighted by atomic mass is 9.70. The van der Waals surface area contributed by atoms with Gasteiger partial charge in [-0.1, -0.05) is 81.7 Å². The van der Waals surface area contributed by atoms with Gasteiger partial charge in [-0.25, -0.2) is 0 Å².